The summed E-state index contributed by atoms with van der Waals surface area (Å²) >= 11 is 12.7. The van der Waals surface area contributed by atoms with Gasteiger partial charge in [-0.1, -0.05) is 83.7 Å². The molecule has 0 aliphatic rings. The van der Waals surface area contributed by atoms with Crippen molar-refractivity contribution in [2.75, 3.05) is 17.4 Å². The molecular formula is C29H33Cl2N3O4S. The zero-order valence-corrected chi connectivity index (χ0v) is 24.8. The minimum atomic E-state index is -4.24. The molecule has 0 heterocycles. The highest BCUT2D eigenvalue weighted by Crippen LogP contribution is 2.35. The Morgan fingerprint density at radius 2 is 1.59 bits per heavy atom. The Balaban J connectivity index is 2.11. The number of rotatable bonds is 11. The van der Waals surface area contributed by atoms with Crippen LogP contribution in [0.4, 0.5) is 5.69 Å². The van der Waals surface area contributed by atoms with Crippen LogP contribution < -0.4 is 9.62 Å². The predicted molar refractivity (Wildman–Crippen MR) is 157 cm³/mol. The van der Waals surface area contributed by atoms with Crippen molar-refractivity contribution in [3.8, 4) is 0 Å². The molecule has 3 aromatic rings. The third-order valence-electron chi connectivity index (χ3n) is 6.26. The fourth-order valence-corrected chi connectivity index (χ4v) is 6.13. The molecule has 1 N–H and O–H groups in total. The van der Waals surface area contributed by atoms with Gasteiger partial charge < -0.3 is 10.2 Å². The molecule has 0 fully saturated rings. The Morgan fingerprint density at radius 3 is 2.21 bits per heavy atom. The van der Waals surface area contributed by atoms with E-state index in [9.17, 15) is 18.0 Å². The Bertz CT molecular complexity index is 1430. The molecule has 0 bridgehead atoms. The minimum absolute atomic E-state index is 0.00190. The number of benzene rings is 3. The zero-order valence-electron chi connectivity index (χ0n) is 22.4. The molecule has 10 heteroatoms. The van der Waals surface area contributed by atoms with Crippen molar-refractivity contribution in [3.63, 3.8) is 0 Å². The van der Waals surface area contributed by atoms with E-state index in [-0.39, 0.29) is 33.1 Å². The van der Waals surface area contributed by atoms with Gasteiger partial charge in [-0.2, -0.15) is 0 Å². The van der Waals surface area contributed by atoms with E-state index >= 15 is 0 Å². The number of carbonyl (C=O) groups is 2. The summed E-state index contributed by atoms with van der Waals surface area (Å²) in [6.07, 6.45) is 0.339. The topological polar surface area (TPSA) is 86.8 Å². The Morgan fingerprint density at radius 1 is 0.923 bits per heavy atom. The van der Waals surface area contributed by atoms with E-state index < -0.39 is 28.5 Å². The van der Waals surface area contributed by atoms with E-state index in [1.165, 1.54) is 29.2 Å². The summed E-state index contributed by atoms with van der Waals surface area (Å²) in [5.41, 5.74) is 2.77. The van der Waals surface area contributed by atoms with Gasteiger partial charge in [0.25, 0.3) is 10.0 Å². The van der Waals surface area contributed by atoms with Gasteiger partial charge in [0.1, 0.15) is 12.6 Å². The summed E-state index contributed by atoms with van der Waals surface area (Å²) in [4.78, 5) is 28.4. The zero-order chi connectivity index (χ0) is 28.7. The van der Waals surface area contributed by atoms with E-state index in [1.807, 2.05) is 45.0 Å². The standard InChI is InChI=1S/C29H33Cl2N3O4S/c1-5-25(29(36)32-6-2)33(18-22-10-7-9-21(4)17-22)27(35)19-34(26-12-8-11-24(30)28(26)31)39(37,38)23-15-13-20(3)14-16-23/h7-17,25H,5-6,18-19H2,1-4H3,(H,32,36). The lowest BCUT2D eigenvalue weighted by molar-refractivity contribution is -0.140. The molecule has 0 aromatic heterocycles. The molecule has 0 saturated heterocycles. The highest BCUT2D eigenvalue weighted by molar-refractivity contribution is 7.92. The largest absolute Gasteiger partial charge is 0.355 e. The molecule has 2 amide bonds. The van der Waals surface area contributed by atoms with Crippen molar-refractivity contribution < 1.29 is 18.0 Å². The van der Waals surface area contributed by atoms with E-state index in [4.69, 9.17) is 23.2 Å². The van der Waals surface area contributed by atoms with Crippen molar-refractivity contribution in [3.05, 3.63) is 93.5 Å². The van der Waals surface area contributed by atoms with Crippen molar-refractivity contribution in [1.82, 2.24) is 10.2 Å². The van der Waals surface area contributed by atoms with Gasteiger partial charge in [-0.05, 0) is 57.0 Å². The van der Waals surface area contributed by atoms with Gasteiger partial charge in [-0.15, -0.1) is 0 Å². The van der Waals surface area contributed by atoms with E-state index in [0.29, 0.717) is 13.0 Å². The van der Waals surface area contributed by atoms with Crippen LogP contribution in [0.2, 0.25) is 10.0 Å². The molecule has 0 saturated carbocycles. The van der Waals surface area contributed by atoms with Crippen LogP contribution in [0.3, 0.4) is 0 Å². The van der Waals surface area contributed by atoms with Crippen molar-refractivity contribution in [1.29, 1.82) is 0 Å². The number of hydrogen-bond donors (Lipinski definition) is 1. The number of halogens is 2. The smallest absolute Gasteiger partial charge is 0.264 e. The number of anilines is 1. The third kappa shape index (κ3) is 7.32. The maximum absolute atomic E-state index is 14.0. The second kappa shape index (κ2) is 13.3. The van der Waals surface area contributed by atoms with Gasteiger partial charge in [0.2, 0.25) is 11.8 Å². The summed E-state index contributed by atoms with van der Waals surface area (Å²) in [7, 11) is -4.24. The number of nitrogens with one attached hydrogen (secondary N) is 1. The first-order valence-electron chi connectivity index (χ1n) is 12.7. The second-order valence-electron chi connectivity index (χ2n) is 9.23. The quantitative estimate of drug-likeness (QED) is 0.308. The number of aryl methyl sites for hydroxylation is 2. The van der Waals surface area contributed by atoms with Gasteiger partial charge in [-0.3, -0.25) is 13.9 Å². The van der Waals surface area contributed by atoms with Gasteiger partial charge in [0.15, 0.2) is 0 Å². The molecule has 0 aliphatic heterocycles. The molecular weight excluding hydrogens is 557 g/mol. The van der Waals surface area contributed by atoms with Gasteiger partial charge in [0, 0.05) is 13.1 Å². The van der Waals surface area contributed by atoms with Crippen LogP contribution in [0.25, 0.3) is 0 Å². The Kier molecular flexibility index (Phi) is 10.4. The van der Waals surface area contributed by atoms with Crippen LogP contribution in [0.15, 0.2) is 71.6 Å². The van der Waals surface area contributed by atoms with Crippen molar-refractivity contribution >= 4 is 50.7 Å². The molecule has 1 atom stereocenters. The molecule has 3 rings (SSSR count). The maximum atomic E-state index is 14.0. The van der Waals surface area contributed by atoms with Crippen LogP contribution >= 0.6 is 23.2 Å². The van der Waals surface area contributed by atoms with Crippen LogP contribution in [0.1, 0.15) is 37.0 Å². The first-order valence-corrected chi connectivity index (χ1v) is 14.8. The van der Waals surface area contributed by atoms with Crippen molar-refractivity contribution in [2.24, 2.45) is 0 Å². The van der Waals surface area contributed by atoms with Crippen LogP contribution in [-0.4, -0.2) is 44.3 Å². The summed E-state index contributed by atoms with van der Waals surface area (Å²) in [5.74, 6) is -0.865. The monoisotopic (exact) mass is 589 g/mol. The number of nitrogens with zero attached hydrogens (tertiary/aromatic N) is 2. The van der Waals surface area contributed by atoms with Gasteiger partial charge in [0.05, 0.1) is 20.6 Å². The summed E-state index contributed by atoms with van der Waals surface area (Å²) in [5, 5.41) is 2.94. The molecule has 208 valence electrons. The number of sulfonamides is 1. The second-order valence-corrected chi connectivity index (χ2v) is 11.9. The SMILES string of the molecule is CCNC(=O)C(CC)N(Cc1cccc(C)c1)C(=O)CN(c1cccc(Cl)c1Cl)S(=O)(=O)c1ccc(C)cc1. The molecule has 3 aromatic carbocycles. The van der Waals surface area contributed by atoms with E-state index in [0.717, 1.165) is 21.0 Å². The molecule has 1 unspecified atom stereocenters. The maximum Gasteiger partial charge on any atom is 0.264 e. The summed E-state index contributed by atoms with van der Waals surface area (Å²) < 4.78 is 28.8. The van der Waals surface area contributed by atoms with Crippen LogP contribution in [-0.2, 0) is 26.2 Å². The molecule has 0 aliphatic carbocycles. The third-order valence-corrected chi connectivity index (χ3v) is 8.84. The average molecular weight is 591 g/mol. The lowest BCUT2D eigenvalue weighted by atomic mass is 10.1. The molecule has 7 nitrogen and oxygen atoms in total. The van der Waals surface area contributed by atoms with E-state index in [2.05, 4.69) is 5.32 Å². The van der Waals surface area contributed by atoms with Crippen LogP contribution in [0, 0.1) is 13.8 Å². The molecule has 0 radical (unpaired) electrons. The number of likely N-dealkylation sites (N-methyl/N-ethyl adjacent to an activating group) is 1. The number of hydrogen-bond acceptors (Lipinski definition) is 4. The lowest BCUT2D eigenvalue weighted by Crippen LogP contribution is -2.52. The summed E-state index contributed by atoms with van der Waals surface area (Å²) in [6.45, 7) is 7.33. The fourth-order valence-electron chi connectivity index (χ4n) is 4.25. The van der Waals surface area contributed by atoms with E-state index in [1.54, 1.807) is 25.1 Å². The Hall–Kier alpha value is -3.07. The highest BCUT2D eigenvalue weighted by Gasteiger charge is 2.34. The Labute approximate surface area is 240 Å². The minimum Gasteiger partial charge on any atom is -0.355 e. The van der Waals surface area contributed by atoms with Gasteiger partial charge in [-0.25, -0.2) is 8.42 Å². The molecule has 39 heavy (non-hydrogen) atoms. The fraction of sp³-hybridized carbons (Fsp3) is 0.310. The lowest BCUT2D eigenvalue weighted by Gasteiger charge is -2.33. The molecule has 0 spiro atoms. The number of amides is 2. The number of carbonyl (C=O) groups excluding carboxylic acids is 2. The average Bonchev–Trinajstić information content (AvgIpc) is 2.89. The van der Waals surface area contributed by atoms with Crippen LogP contribution in [0.5, 0.6) is 0 Å². The highest BCUT2D eigenvalue weighted by atomic mass is 35.5. The van der Waals surface area contributed by atoms with Crippen molar-refractivity contribution in [2.45, 2.75) is 51.6 Å². The summed E-state index contributed by atoms with van der Waals surface area (Å²) in [6, 6.07) is 17.7. The predicted octanol–water partition coefficient (Wildman–Crippen LogP) is 5.75. The van der Waals surface area contributed by atoms with Gasteiger partial charge >= 0.3 is 0 Å². The normalized spacial score (nSPS) is 12.1. The first-order chi connectivity index (χ1) is 18.5. The first kappa shape index (κ1) is 30.5.